The maximum Gasteiger partial charge on any atom is 0.418 e. The summed E-state index contributed by atoms with van der Waals surface area (Å²) >= 11 is 0. The third-order valence-electron chi connectivity index (χ3n) is 3.25. The molecule has 0 radical (unpaired) electrons. The van der Waals surface area contributed by atoms with Crippen molar-refractivity contribution in [2.75, 3.05) is 18.0 Å². The predicted octanol–water partition coefficient (Wildman–Crippen LogP) is 3.39. The first-order chi connectivity index (χ1) is 8.89. The van der Waals surface area contributed by atoms with Crippen molar-refractivity contribution < 1.29 is 23.1 Å². The summed E-state index contributed by atoms with van der Waals surface area (Å²) in [5, 5.41) is 8.80. The zero-order chi connectivity index (χ0) is 14.0. The first-order valence-corrected chi connectivity index (χ1v) is 6.09. The third kappa shape index (κ3) is 3.00. The number of hydrogen-bond donors (Lipinski definition) is 1. The monoisotopic (exact) mass is 273 g/mol. The van der Waals surface area contributed by atoms with Gasteiger partial charge < -0.3 is 10.0 Å². The highest BCUT2D eigenvalue weighted by atomic mass is 19.4. The molecule has 0 aromatic heterocycles. The fourth-order valence-corrected chi connectivity index (χ4v) is 2.31. The molecule has 104 valence electrons. The molecule has 19 heavy (non-hydrogen) atoms. The lowest BCUT2D eigenvalue weighted by Gasteiger charge is -2.31. The molecule has 1 heterocycles. The normalized spacial score (nSPS) is 16.5. The number of benzene rings is 1. The number of piperidine rings is 1. The first-order valence-electron chi connectivity index (χ1n) is 6.09. The summed E-state index contributed by atoms with van der Waals surface area (Å²) in [6.45, 7) is 1.16. The van der Waals surface area contributed by atoms with E-state index in [4.69, 9.17) is 5.11 Å². The zero-order valence-corrected chi connectivity index (χ0v) is 10.2. The molecule has 0 atom stereocenters. The van der Waals surface area contributed by atoms with E-state index in [1.165, 1.54) is 12.1 Å². The van der Waals surface area contributed by atoms with Gasteiger partial charge in [-0.2, -0.15) is 13.2 Å². The van der Waals surface area contributed by atoms with Crippen molar-refractivity contribution in [2.45, 2.75) is 25.4 Å². The van der Waals surface area contributed by atoms with Crippen LogP contribution in [-0.4, -0.2) is 24.2 Å². The summed E-state index contributed by atoms with van der Waals surface area (Å²) in [4.78, 5) is 12.5. The van der Waals surface area contributed by atoms with Gasteiger partial charge in [0.25, 0.3) is 0 Å². The number of nitrogens with zero attached hydrogens (tertiary/aromatic N) is 1. The van der Waals surface area contributed by atoms with E-state index in [9.17, 15) is 18.0 Å². The number of carbonyl (C=O) groups is 1. The molecule has 3 nitrogen and oxygen atoms in total. The van der Waals surface area contributed by atoms with Gasteiger partial charge in [-0.15, -0.1) is 0 Å². The average Bonchev–Trinajstić information content (AvgIpc) is 2.38. The van der Waals surface area contributed by atoms with Crippen molar-refractivity contribution in [1.29, 1.82) is 0 Å². The van der Waals surface area contributed by atoms with E-state index in [-0.39, 0.29) is 11.3 Å². The van der Waals surface area contributed by atoms with Crippen LogP contribution in [0, 0.1) is 0 Å². The molecule has 0 bridgehead atoms. The molecular formula is C13H14F3NO2. The molecule has 1 aromatic carbocycles. The number of aromatic carboxylic acids is 1. The van der Waals surface area contributed by atoms with Crippen LogP contribution >= 0.6 is 0 Å². The number of carboxylic acids is 1. The highest BCUT2D eigenvalue weighted by Crippen LogP contribution is 2.38. The van der Waals surface area contributed by atoms with E-state index >= 15 is 0 Å². The van der Waals surface area contributed by atoms with Crippen LogP contribution in [0.2, 0.25) is 0 Å². The fraction of sp³-hybridized carbons (Fsp3) is 0.462. The van der Waals surface area contributed by atoms with Gasteiger partial charge in [-0.1, -0.05) is 0 Å². The number of carboxylic acid groups (broad SMARTS) is 1. The lowest BCUT2D eigenvalue weighted by Crippen LogP contribution is -2.31. The second-order valence-electron chi connectivity index (χ2n) is 4.58. The van der Waals surface area contributed by atoms with E-state index in [1.54, 1.807) is 4.90 Å². The highest BCUT2D eigenvalue weighted by Gasteiger charge is 2.35. The first kappa shape index (κ1) is 13.7. The summed E-state index contributed by atoms with van der Waals surface area (Å²) in [6, 6.07) is 3.20. The van der Waals surface area contributed by atoms with E-state index in [1.807, 2.05) is 0 Å². The number of rotatable bonds is 2. The van der Waals surface area contributed by atoms with Gasteiger partial charge >= 0.3 is 12.1 Å². The number of alkyl halides is 3. The fourth-order valence-electron chi connectivity index (χ4n) is 2.31. The van der Waals surface area contributed by atoms with Gasteiger partial charge in [0.05, 0.1) is 11.1 Å². The smallest absolute Gasteiger partial charge is 0.418 e. The molecule has 1 N–H and O–H groups in total. The van der Waals surface area contributed by atoms with Gasteiger partial charge in [0.15, 0.2) is 0 Å². The van der Waals surface area contributed by atoms with Crippen LogP contribution in [0.3, 0.4) is 0 Å². The van der Waals surface area contributed by atoms with Gasteiger partial charge in [-0.3, -0.25) is 0 Å². The maximum atomic E-state index is 13.0. The molecule has 0 spiro atoms. The standard InChI is InChI=1S/C13H14F3NO2/c14-13(15,16)10-8-9(12(18)19)4-5-11(10)17-6-2-1-3-7-17/h4-5,8H,1-3,6-7H2,(H,18,19). The minimum Gasteiger partial charge on any atom is -0.478 e. The molecule has 0 aliphatic carbocycles. The molecule has 0 unspecified atom stereocenters. The minimum atomic E-state index is -4.54. The van der Waals surface area contributed by atoms with Crippen LogP contribution < -0.4 is 4.90 Å². The Morgan fingerprint density at radius 3 is 2.32 bits per heavy atom. The number of halogens is 3. The Labute approximate surface area is 108 Å². The highest BCUT2D eigenvalue weighted by molar-refractivity contribution is 5.88. The molecule has 0 saturated carbocycles. The molecule has 1 aliphatic heterocycles. The van der Waals surface area contributed by atoms with Crippen molar-refractivity contribution in [3.63, 3.8) is 0 Å². The lowest BCUT2D eigenvalue weighted by atomic mass is 10.0. The van der Waals surface area contributed by atoms with Crippen LogP contribution in [0.1, 0.15) is 35.2 Å². The number of anilines is 1. The topological polar surface area (TPSA) is 40.5 Å². The molecule has 0 amide bonds. The molecule has 1 saturated heterocycles. The maximum absolute atomic E-state index is 13.0. The van der Waals surface area contributed by atoms with E-state index < -0.39 is 17.7 Å². The largest absolute Gasteiger partial charge is 0.478 e. The Morgan fingerprint density at radius 1 is 1.16 bits per heavy atom. The van der Waals surface area contributed by atoms with Gasteiger partial charge in [-0.25, -0.2) is 4.79 Å². The molecule has 1 fully saturated rings. The van der Waals surface area contributed by atoms with E-state index in [2.05, 4.69) is 0 Å². The minimum absolute atomic E-state index is 0.0807. The van der Waals surface area contributed by atoms with Crippen molar-refractivity contribution >= 4 is 11.7 Å². The molecule has 6 heteroatoms. The second-order valence-corrected chi connectivity index (χ2v) is 4.58. The zero-order valence-electron chi connectivity index (χ0n) is 10.2. The van der Waals surface area contributed by atoms with E-state index in [0.717, 1.165) is 19.3 Å². The van der Waals surface area contributed by atoms with Crippen LogP contribution in [0.25, 0.3) is 0 Å². The van der Waals surface area contributed by atoms with Gasteiger partial charge in [0, 0.05) is 18.8 Å². The van der Waals surface area contributed by atoms with Crippen LogP contribution in [0.4, 0.5) is 18.9 Å². The molecular weight excluding hydrogens is 259 g/mol. The molecule has 2 rings (SSSR count). The summed E-state index contributed by atoms with van der Waals surface area (Å²) < 4.78 is 39.1. The second kappa shape index (κ2) is 5.11. The van der Waals surface area contributed by atoms with Crippen molar-refractivity contribution in [3.8, 4) is 0 Å². The van der Waals surface area contributed by atoms with E-state index in [0.29, 0.717) is 19.2 Å². The van der Waals surface area contributed by atoms with Crippen molar-refractivity contribution in [3.05, 3.63) is 29.3 Å². The van der Waals surface area contributed by atoms with Crippen molar-refractivity contribution in [2.24, 2.45) is 0 Å². The third-order valence-corrected chi connectivity index (χ3v) is 3.25. The Hall–Kier alpha value is -1.72. The van der Waals surface area contributed by atoms with Crippen LogP contribution in [0.15, 0.2) is 18.2 Å². The Kier molecular flexibility index (Phi) is 3.68. The van der Waals surface area contributed by atoms with Crippen LogP contribution in [0.5, 0.6) is 0 Å². The van der Waals surface area contributed by atoms with Crippen molar-refractivity contribution in [1.82, 2.24) is 0 Å². The number of hydrogen-bond acceptors (Lipinski definition) is 2. The lowest BCUT2D eigenvalue weighted by molar-refractivity contribution is -0.137. The summed E-state index contributed by atoms with van der Waals surface area (Å²) in [6.07, 6.45) is -1.81. The molecule has 1 aliphatic rings. The Balaban J connectivity index is 2.44. The van der Waals surface area contributed by atoms with Crippen LogP contribution in [-0.2, 0) is 6.18 Å². The summed E-state index contributed by atoms with van der Waals surface area (Å²) in [5.74, 6) is -1.35. The summed E-state index contributed by atoms with van der Waals surface area (Å²) in [5.41, 5.74) is -1.13. The van der Waals surface area contributed by atoms with Gasteiger partial charge in [0.2, 0.25) is 0 Å². The Bertz CT molecular complexity index is 479. The SMILES string of the molecule is O=C(O)c1ccc(N2CCCCC2)c(C(F)(F)F)c1. The summed E-state index contributed by atoms with van der Waals surface area (Å²) in [7, 11) is 0. The average molecular weight is 273 g/mol. The van der Waals surface area contributed by atoms with Gasteiger partial charge in [0.1, 0.15) is 0 Å². The quantitative estimate of drug-likeness (QED) is 0.897. The predicted molar refractivity (Wildman–Crippen MR) is 64.5 cm³/mol. The molecule has 1 aromatic rings. The Morgan fingerprint density at radius 2 is 1.79 bits per heavy atom. The van der Waals surface area contributed by atoms with Gasteiger partial charge in [-0.05, 0) is 37.5 Å².